The summed E-state index contributed by atoms with van der Waals surface area (Å²) in [6.45, 7) is 1.41. The molecule has 0 saturated heterocycles. The predicted molar refractivity (Wildman–Crippen MR) is 79.8 cm³/mol. The zero-order chi connectivity index (χ0) is 14.7. The molecule has 0 unspecified atom stereocenters. The second-order valence-electron chi connectivity index (χ2n) is 4.75. The molecule has 1 aromatic heterocycles. The summed E-state index contributed by atoms with van der Waals surface area (Å²) in [7, 11) is 1.77. The largest absolute Gasteiger partial charge is 0.300 e. The van der Waals surface area contributed by atoms with E-state index in [4.69, 9.17) is 0 Å². The Labute approximate surface area is 125 Å². The third-order valence-corrected chi connectivity index (χ3v) is 3.69. The van der Waals surface area contributed by atoms with Crippen molar-refractivity contribution in [1.82, 2.24) is 9.78 Å². The Morgan fingerprint density at radius 1 is 1.25 bits per heavy atom. The topological polar surface area (TPSA) is 52.0 Å². The van der Waals surface area contributed by atoms with Crippen molar-refractivity contribution >= 4 is 27.5 Å². The van der Waals surface area contributed by atoms with Crippen LogP contribution in [0.1, 0.15) is 35.0 Å². The molecule has 0 aliphatic heterocycles. The van der Waals surface area contributed by atoms with Gasteiger partial charge in [0.05, 0.1) is 6.42 Å². The van der Waals surface area contributed by atoms with Gasteiger partial charge in [-0.25, -0.2) is 0 Å². The number of hydrogen-bond acceptors (Lipinski definition) is 3. The predicted octanol–water partition coefficient (Wildman–Crippen LogP) is 2.94. The van der Waals surface area contributed by atoms with Crippen molar-refractivity contribution in [2.24, 2.45) is 7.05 Å². The lowest BCUT2D eigenvalue weighted by Crippen LogP contribution is -2.08. The zero-order valence-corrected chi connectivity index (χ0v) is 13.0. The summed E-state index contributed by atoms with van der Waals surface area (Å²) in [5.41, 5.74) is 2.31. The monoisotopic (exact) mass is 334 g/mol. The molecule has 0 aliphatic carbocycles. The van der Waals surface area contributed by atoms with Gasteiger partial charge in [0.2, 0.25) is 0 Å². The van der Waals surface area contributed by atoms with E-state index in [1.165, 1.54) is 6.92 Å². The van der Waals surface area contributed by atoms with E-state index in [0.717, 1.165) is 15.6 Å². The molecule has 0 spiro atoms. The van der Waals surface area contributed by atoms with Crippen LogP contribution in [0.5, 0.6) is 0 Å². The molecule has 2 rings (SSSR count). The van der Waals surface area contributed by atoms with E-state index in [2.05, 4.69) is 21.0 Å². The van der Waals surface area contributed by atoms with E-state index in [1.807, 2.05) is 30.5 Å². The fourth-order valence-electron chi connectivity index (χ4n) is 2.06. The smallest absolute Gasteiger partial charge is 0.190 e. The van der Waals surface area contributed by atoms with Gasteiger partial charge in [-0.05, 0) is 18.6 Å². The molecule has 0 saturated carbocycles. The maximum atomic E-state index is 12.1. The standard InChI is InChI=1S/C15H15BrN2O2/c1-10(19)7-14(20)15-12(9-18(2)17-15)8-11-5-3-4-6-13(11)16/h3-6,9H,7-8H2,1-2H3. The summed E-state index contributed by atoms with van der Waals surface area (Å²) < 4.78 is 2.60. The van der Waals surface area contributed by atoms with Gasteiger partial charge in [-0.3, -0.25) is 14.3 Å². The summed E-state index contributed by atoms with van der Waals surface area (Å²) in [6.07, 6.45) is 2.33. The minimum atomic E-state index is -0.222. The molecular weight excluding hydrogens is 320 g/mol. The van der Waals surface area contributed by atoms with Crippen molar-refractivity contribution in [2.45, 2.75) is 19.8 Å². The van der Waals surface area contributed by atoms with Gasteiger partial charge in [-0.2, -0.15) is 5.10 Å². The number of rotatable bonds is 5. The van der Waals surface area contributed by atoms with Crippen LogP contribution >= 0.6 is 15.9 Å². The number of nitrogens with zero attached hydrogens (tertiary/aromatic N) is 2. The number of halogens is 1. The van der Waals surface area contributed by atoms with Gasteiger partial charge in [-0.15, -0.1) is 0 Å². The Balaban J connectivity index is 2.31. The molecule has 104 valence electrons. The van der Waals surface area contributed by atoms with E-state index in [1.54, 1.807) is 11.7 Å². The van der Waals surface area contributed by atoms with Gasteiger partial charge in [0, 0.05) is 29.7 Å². The highest BCUT2D eigenvalue weighted by molar-refractivity contribution is 9.10. The summed E-state index contributed by atoms with van der Waals surface area (Å²) in [6, 6.07) is 7.85. The SMILES string of the molecule is CC(=O)CC(=O)c1nn(C)cc1Cc1ccccc1Br. The average Bonchev–Trinajstić information content (AvgIpc) is 2.72. The maximum absolute atomic E-state index is 12.1. The van der Waals surface area contributed by atoms with Crippen LogP contribution in [0.15, 0.2) is 34.9 Å². The minimum Gasteiger partial charge on any atom is -0.300 e. The number of ketones is 2. The number of Topliss-reactive ketones (excluding diaryl/α,β-unsaturated/α-hetero) is 2. The molecular formula is C15H15BrN2O2. The van der Waals surface area contributed by atoms with E-state index in [-0.39, 0.29) is 18.0 Å². The van der Waals surface area contributed by atoms with Crippen LogP contribution in [0.4, 0.5) is 0 Å². The van der Waals surface area contributed by atoms with Gasteiger partial charge >= 0.3 is 0 Å². The molecule has 2 aromatic rings. The van der Waals surface area contributed by atoms with Crippen molar-refractivity contribution in [3.05, 3.63) is 51.8 Å². The third kappa shape index (κ3) is 3.42. The van der Waals surface area contributed by atoms with E-state index in [9.17, 15) is 9.59 Å². The van der Waals surface area contributed by atoms with Crippen molar-refractivity contribution in [3.63, 3.8) is 0 Å². The van der Waals surface area contributed by atoms with Gasteiger partial charge in [-0.1, -0.05) is 34.1 Å². The van der Waals surface area contributed by atoms with Gasteiger partial charge in [0.25, 0.3) is 0 Å². The quantitative estimate of drug-likeness (QED) is 0.624. The van der Waals surface area contributed by atoms with Crippen LogP contribution in [0, 0.1) is 0 Å². The fourth-order valence-corrected chi connectivity index (χ4v) is 2.48. The number of benzene rings is 1. The summed E-state index contributed by atoms with van der Waals surface area (Å²) >= 11 is 3.50. The summed E-state index contributed by atoms with van der Waals surface area (Å²) in [4.78, 5) is 23.2. The second kappa shape index (κ2) is 6.13. The Morgan fingerprint density at radius 3 is 2.60 bits per heavy atom. The normalized spacial score (nSPS) is 10.6. The Kier molecular flexibility index (Phi) is 4.49. The first-order valence-corrected chi connectivity index (χ1v) is 7.05. The van der Waals surface area contributed by atoms with Crippen molar-refractivity contribution < 1.29 is 9.59 Å². The van der Waals surface area contributed by atoms with E-state index in [0.29, 0.717) is 12.1 Å². The Hall–Kier alpha value is -1.75. The molecule has 1 aromatic carbocycles. The zero-order valence-electron chi connectivity index (χ0n) is 11.4. The highest BCUT2D eigenvalue weighted by Crippen LogP contribution is 2.21. The van der Waals surface area contributed by atoms with E-state index >= 15 is 0 Å². The first-order valence-electron chi connectivity index (χ1n) is 6.26. The summed E-state index contributed by atoms with van der Waals surface area (Å²) in [5.74, 6) is -0.368. The second-order valence-corrected chi connectivity index (χ2v) is 5.60. The Morgan fingerprint density at radius 2 is 1.95 bits per heavy atom. The highest BCUT2D eigenvalue weighted by Gasteiger charge is 2.18. The van der Waals surface area contributed by atoms with Gasteiger partial charge in [0.1, 0.15) is 11.5 Å². The fraction of sp³-hybridized carbons (Fsp3) is 0.267. The van der Waals surface area contributed by atoms with Crippen LogP contribution < -0.4 is 0 Å². The van der Waals surface area contributed by atoms with Crippen LogP contribution in [-0.2, 0) is 18.3 Å². The maximum Gasteiger partial charge on any atom is 0.190 e. The molecule has 0 N–H and O–H groups in total. The lowest BCUT2D eigenvalue weighted by atomic mass is 10.0. The average molecular weight is 335 g/mol. The number of aromatic nitrogens is 2. The summed E-state index contributed by atoms with van der Waals surface area (Å²) in [5, 5.41) is 4.19. The van der Waals surface area contributed by atoms with Gasteiger partial charge in [0.15, 0.2) is 5.78 Å². The highest BCUT2D eigenvalue weighted by atomic mass is 79.9. The first kappa shape index (κ1) is 14.7. The van der Waals surface area contributed by atoms with Crippen molar-refractivity contribution in [3.8, 4) is 0 Å². The number of carbonyl (C=O) groups is 2. The van der Waals surface area contributed by atoms with Crippen LogP contribution in [-0.4, -0.2) is 21.3 Å². The number of carbonyl (C=O) groups excluding carboxylic acids is 2. The molecule has 0 radical (unpaired) electrons. The molecule has 0 aliphatic rings. The lowest BCUT2D eigenvalue weighted by molar-refractivity contribution is -0.116. The first-order chi connectivity index (χ1) is 9.47. The van der Waals surface area contributed by atoms with Crippen molar-refractivity contribution in [2.75, 3.05) is 0 Å². The van der Waals surface area contributed by atoms with Crippen LogP contribution in [0.25, 0.3) is 0 Å². The molecule has 20 heavy (non-hydrogen) atoms. The molecule has 0 atom stereocenters. The Bertz CT molecular complexity index is 662. The molecule has 4 nitrogen and oxygen atoms in total. The van der Waals surface area contributed by atoms with Crippen LogP contribution in [0.2, 0.25) is 0 Å². The van der Waals surface area contributed by atoms with Crippen molar-refractivity contribution in [1.29, 1.82) is 0 Å². The molecule has 5 heteroatoms. The van der Waals surface area contributed by atoms with E-state index < -0.39 is 0 Å². The van der Waals surface area contributed by atoms with Crippen LogP contribution in [0.3, 0.4) is 0 Å². The molecule has 0 bridgehead atoms. The van der Waals surface area contributed by atoms with Gasteiger partial charge < -0.3 is 0 Å². The molecule has 1 heterocycles. The lowest BCUT2D eigenvalue weighted by Gasteiger charge is -2.04. The third-order valence-electron chi connectivity index (χ3n) is 2.92. The number of aryl methyl sites for hydroxylation is 1. The number of hydrogen-bond donors (Lipinski definition) is 0. The molecule has 0 amide bonds. The molecule has 0 fully saturated rings. The minimum absolute atomic E-state index is 0.0972.